The highest BCUT2D eigenvalue weighted by Gasteiger charge is 2.08. The van der Waals surface area contributed by atoms with Gasteiger partial charge in [-0.3, -0.25) is 0 Å². The van der Waals surface area contributed by atoms with E-state index in [0.717, 1.165) is 0 Å². The van der Waals surface area contributed by atoms with Crippen LogP contribution in [0.3, 0.4) is 0 Å². The van der Waals surface area contributed by atoms with Crippen molar-refractivity contribution in [3.05, 3.63) is 29.6 Å². The van der Waals surface area contributed by atoms with E-state index >= 15 is 0 Å². The summed E-state index contributed by atoms with van der Waals surface area (Å²) in [4.78, 5) is 0. The van der Waals surface area contributed by atoms with E-state index in [1.807, 2.05) is 0 Å². The van der Waals surface area contributed by atoms with Crippen LogP contribution in [0.15, 0.2) is 18.2 Å². The molecule has 1 rings (SSSR count). The van der Waals surface area contributed by atoms with Gasteiger partial charge in [0.25, 0.3) is 0 Å². The average Bonchev–Trinajstić information content (AvgIpc) is 2.46. The topological polar surface area (TPSA) is 57.2 Å². The molecule has 0 heterocycles. The van der Waals surface area contributed by atoms with Crippen LogP contribution in [0.4, 0.5) is 4.39 Å². The van der Waals surface area contributed by atoms with Gasteiger partial charge >= 0.3 is 0 Å². The SMILES string of the molecule is COCCOCCOCCOc1c(F)cccc1CO. The quantitative estimate of drug-likeness (QED) is 0.623. The number of ether oxygens (including phenoxy) is 4. The van der Waals surface area contributed by atoms with Crippen LogP contribution in [-0.4, -0.2) is 51.9 Å². The molecular weight excluding hydrogens is 267 g/mol. The van der Waals surface area contributed by atoms with Crippen LogP contribution in [0, 0.1) is 5.82 Å². The molecule has 0 bridgehead atoms. The number of rotatable bonds is 11. The summed E-state index contributed by atoms with van der Waals surface area (Å²) >= 11 is 0. The van der Waals surface area contributed by atoms with Crippen molar-refractivity contribution in [2.75, 3.05) is 46.8 Å². The number of halogens is 1. The Kier molecular flexibility index (Phi) is 8.90. The number of aliphatic hydroxyl groups is 1. The Labute approximate surface area is 118 Å². The van der Waals surface area contributed by atoms with Crippen molar-refractivity contribution in [1.82, 2.24) is 0 Å². The summed E-state index contributed by atoms with van der Waals surface area (Å²) in [6, 6.07) is 4.43. The van der Waals surface area contributed by atoms with Gasteiger partial charge in [-0.1, -0.05) is 12.1 Å². The molecule has 1 N–H and O–H groups in total. The van der Waals surface area contributed by atoms with Crippen molar-refractivity contribution >= 4 is 0 Å². The predicted octanol–water partition coefficient (Wildman–Crippen LogP) is 1.38. The first-order valence-electron chi connectivity index (χ1n) is 6.45. The van der Waals surface area contributed by atoms with Crippen LogP contribution in [0.25, 0.3) is 0 Å². The van der Waals surface area contributed by atoms with E-state index in [0.29, 0.717) is 38.6 Å². The molecule has 0 spiro atoms. The molecule has 0 radical (unpaired) electrons. The van der Waals surface area contributed by atoms with Gasteiger partial charge in [-0.2, -0.15) is 0 Å². The van der Waals surface area contributed by atoms with E-state index in [9.17, 15) is 4.39 Å². The van der Waals surface area contributed by atoms with Gasteiger partial charge in [-0.25, -0.2) is 4.39 Å². The van der Waals surface area contributed by atoms with Crippen molar-refractivity contribution in [2.24, 2.45) is 0 Å². The van der Waals surface area contributed by atoms with Gasteiger partial charge in [0.1, 0.15) is 6.61 Å². The molecule has 0 fully saturated rings. The lowest BCUT2D eigenvalue weighted by atomic mass is 10.2. The minimum atomic E-state index is -0.487. The molecule has 6 heteroatoms. The highest BCUT2D eigenvalue weighted by Crippen LogP contribution is 2.22. The zero-order valence-corrected chi connectivity index (χ0v) is 11.6. The molecule has 0 saturated carbocycles. The molecule has 0 aromatic heterocycles. The number of methoxy groups -OCH3 is 1. The second-order valence-corrected chi connectivity index (χ2v) is 3.95. The Bertz CT molecular complexity index is 373. The van der Waals surface area contributed by atoms with E-state index < -0.39 is 5.82 Å². The second kappa shape index (κ2) is 10.6. The van der Waals surface area contributed by atoms with E-state index in [1.165, 1.54) is 12.1 Å². The van der Waals surface area contributed by atoms with Crippen LogP contribution >= 0.6 is 0 Å². The largest absolute Gasteiger partial charge is 0.488 e. The van der Waals surface area contributed by atoms with Crippen LogP contribution < -0.4 is 4.74 Å². The summed E-state index contributed by atoms with van der Waals surface area (Å²) in [5.41, 5.74) is 0.424. The van der Waals surface area contributed by atoms with Crippen LogP contribution in [0.2, 0.25) is 0 Å². The maximum Gasteiger partial charge on any atom is 0.165 e. The smallest absolute Gasteiger partial charge is 0.165 e. The van der Waals surface area contributed by atoms with Gasteiger partial charge < -0.3 is 24.1 Å². The summed E-state index contributed by atoms with van der Waals surface area (Å²) in [6.45, 7) is 2.29. The van der Waals surface area contributed by atoms with Crippen LogP contribution in [0.5, 0.6) is 5.75 Å². The fraction of sp³-hybridized carbons (Fsp3) is 0.571. The standard InChI is InChI=1S/C14H21FO5/c1-17-5-6-18-7-8-19-9-10-20-14-12(11-16)3-2-4-13(14)15/h2-4,16H,5-11H2,1H3. The number of benzene rings is 1. The summed E-state index contributed by atoms with van der Waals surface area (Å²) < 4.78 is 34.1. The number of hydrogen-bond acceptors (Lipinski definition) is 5. The normalized spacial score (nSPS) is 10.8. The molecule has 0 saturated heterocycles. The minimum absolute atomic E-state index is 0.0787. The first kappa shape index (κ1) is 16.8. The first-order chi connectivity index (χ1) is 9.79. The maximum absolute atomic E-state index is 13.5. The Morgan fingerprint density at radius 3 is 2.30 bits per heavy atom. The summed E-state index contributed by atoms with van der Waals surface area (Å²) in [5.74, 6) is -0.408. The molecule has 5 nitrogen and oxygen atoms in total. The third-order valence-electron chi connectivity index (χ3n) is 2.50. The minimum Gasteiger partial charge on any atom is -0.488 e. The predicted molar refractivity (Wildman–Crippen MR) is 71.3 cm³/mol. The summed E-state index contributed by atoms with van der Waals surface area (Å²) in [7, 11) is 1.61. The molecule has 0 aliphatic carbocycles. The van der Waals surface area contributed by atoms with Gasteiger partial charge in [-0.15, -0.1) is 0 Å². The highest BCUT2D eigenvalue weighted by molar-refractivity contribution is 5.34. The van der Waals surface area contributed by atoms with Crippen molar-refractivity contribution in [1.29, 1.82) is 0 Å². The monoisotopic (exact) mass is 288 g/mol. The van der Waals surface area contributed by atoms with E-state index in [-0.39, 0.29) is 19.0 Å². The Hall–Kier alpha value is -1.21. The fourth-order valence-corrected chi connectivity index (χ4v) is 1.51. The highest BCUT2D eigenvalue weighted by atomic mass is 19.1. The fourth-order valence-electron chi connectivity index (χ4n) is 1.51. The molecule has 0 aliphatic heterocycles. The molecule has 0 aliphatic rings. The van der Waals surface area contributed by atoms with Crippen LogP contribution in [-0.2, 0) is 20.8 Å². The zero-order chi connectivity index (χ0) is 14.6. The summed E-state index contributed by atoms with van der Waals surface area (Å²) in [5, 5.41) is 9.08. The average molecular weight is 288 g/mol. The Balaban J connectivity index is 2.12. The zero-order valence-electron chi connectivity index (χ0n) is 11.6. The molecule has 114 valence electrons. The van der Waals surface area contributed by atoms with Crippen molar-refractivity contribution in [3.8, 4) is 5.75 Å². The van der Waals surface area contributed by atoms with Gasteiger partial charge in [0.2, 0.25) is 0 Å². The molecule has 1 aromatic rings. The number of hydrogen-bond donors (Lipinski definition) is 1. The van der Waals surface area contributed by atoms with E-state index in [4.69, 9.17) is 24.1 Å². The van der Waals surface area contributed by atoms with Gasteiger partial charge in [0.05, 0.1) is 39.6 Å². The second-order valence-electron chi connectivity index (χ2n) is 3.95. The van der Waals surface area contributed by atoms with Crippen molar-refractivity contribution < 1.29 is 28.4 Å². The molecule has 0 atom stereocenters. The van der Waals surface area contributed by atoms with Crippen molar-refractivity contribution in [3.63, 3.8) is 0 Å². The maximum atomic E-state index is 13.5. The molecular formula is C14H21FO5. The lowest BCUT2D eigenvalue weighted by Crippen LogP contribution is -2.13. The van der Waals surface area contributed by atoms with Crippen molar-refractivity contribution in [2.45, 2.75) is 6.61 Å². The summed E-state index contributed by atoms with van der Waals surface area (Å²) in [6.07, 6.45) is 0. The molecule has 20 heavy (non-hydrogen) atoms. The Morgan fingerprint density at radius 2 is 1.65 bits per heavy atom. The lowest BCUT2D eigenvalue weighted by molar-refractivity contribution is 0.0175. The number of aliphatic hydroxyl groups excluding tert-OH is 1. The number of para-hydroxylation sites is 1. The Morgan fingerprint density at radius 1 is 1.00 bits per heavy atom. The van der Waals surface area contributed by atoms with E-state index in [1.54, 1.807) is 13.2 Å². The van der Waals surface area contributed by atoms with Gasteiger partial charge in [0, 0.05) is 12.7 Å². The molecule has 0 unspecified atom stereocenters. The molecule has 0 amide bonds. The van der Waals surface area contributed by atoms with Gasteiger partial charge in [0.15, 0.2) is 11.6 Å². The molecule has 1 aromatic carbocycles. The third-order valence-corrected chi connectivity index (χ3v) is 2.50. The van der Waals surface area contributed by atoms with E-state index in [2.05, 4.69) is 0 Å². The first-order valence-corrected chi connectivity index (χ1v) is 6.45. The lowest BCUT2D eigenvalue weighted by Gasteiger charge is -2.11. The third kappa shape index (κ3) is 6.29. The van der Waals surface area contributed by atoms with Gasteiger partial charge in [-0.05, 0) is 6.07 Å². The van der Waals surface area contributed by atoms with Crippen LogP contribution in [0.1, 0.15) is 5.56 Å².